The fourth-order valence-electron chi connectivity index (χ4n) is 3.06. The fraction of sp³-hybridized carbons (Fsp3) is 0.222. The first-order valence-electron chi connectivity index (χ1n) is 7.32. The molecule has 3 aromatic rings. The maximum absolute atomic E-state index is 5.44. The Balaban J connectivity index is 1.83. The van der Waals surface area contributed by atoms with Crippen molar-refractivity contribution in [1.82, 2.24) is 4.90 Å². The lowest BCUT2D eigenvalue weighted by molar-refractivity contribution is 0.343. The second-order valence-electron chi connectivity index (χ2n) is 5.66. The maximum Gasteiger partial charge on any atom is 0.133 e. The van der Waals surface area contributed by atoms with Crippen LogP contribution in [0.1, 0.15) is 5.56 Å². The van der Waals surface area contributed by atoms with Gasteiger partial charge < -0.3 is 14.2 Å². The van der Waals surface area contributed by atoms with E-state index in [9.17, 15) is 0 Å². The van der Waals surface area contributed by atoms with Crippen LogP contribution in [-0.2, 0) is 6.54 Å². The highest BCUT2D eigenvalue weighted by atomic mass is 16.3. The lowest BCUT2D eigenvalue weighted by atomic mass is 10.1. The number of rotatable bonds is 1. The van der Waals surface area contributed by atoms with Crippen LogP contribution >= 0.6 is 0 Å². The third-order valence-electron chi connectivity index (χ3n) is 4.18. The van der Waals surface area contributed by atoms with Crippen LogP contribution in [0.15, 0.2) is 59.2 Å². The zero-order chi connectivity index (χ0) is 14.2. The van der Waals surface area contributed by atoms with E-state index in [0.29, 0.717) is 0 Å². The first kappa shape index (κ1) is 12.5. The molecule has 0 aliphatic carbocycles. The van der Waals surface area contributed by atoms with Gasteiger partial charge in [0.25, 0.3) is 0 Å². The van der Waals surface area contributed by atoms with Crippen molar-refractivity contribution in [1.29, 1.82) is 0 Å². The van der Waals surface area contributed by atoms with Crippen molar-refractivity contribution in [2.75, 3.05) is 25.0 Å². The van der Waals surface area contributed by atoms with Crippen molar-refractivity contribution in [3.8, 4) is 0 Å². The SMILES string of the molecule is CN1CCN(c2ccc3occc3c2)c2ccccc2C1. The van der Waals surface area contributed by atoms with Crippen LogP contribution in [0.25, 0.3) is 11.0 Å². The van der Waals surface area contributed by atoms with Gasteiger partial charge in [0.15, 0.2) is 0 Å². The van der Waals surface area contributed by atoms with Gasteiger partial charge in [-0.05, 0) is 42.9 Å². The van der Waals surface area contributed by atoms with Crippen LogP contribution in [0.4, 0.5) is 11.4 Å². The summed E-state index contributed by atoms with van der Waals surface area (Å²) in [5, 5.41) is 1.16. The zero-order valence-corrected chi connectivity index (χ0v) is 12.1. The van der Waals surface area contributed by atoms with Gasteiger partial charge in [-0.3, -0.25) is 0 Å². The maximum atomic E-state index is 5.44. The molecule has 0 bridgehead atoms. The minimum Gasteiger partial charge on any atom is -0.464 e. The van der Waals surface area contributed by atoms with E-state index < -0.39 is 0 Å². The largest absolute Gasteiger partial charge is 0.464 e. The summed E-state index contributed by atoms with van der Waals surface area (Å²) < 4.78 is 5.44. The molecule has 21 heavy (non-hydrogen) atoms. The summed E-state index contributed by atoms with van der Waals surface area (Å²) in [5.41, 5.74) is 4.86. The average molecular weight is 278 g/mol. The number of hydrogen-bond acceptors (Lipinski definition) is 3. The summed E-state index contributed by atoms with van der Waals surface area (Å²) in [6, 6.07) is 17.1. The molecular formula is C18H18N2O. The topological polar surface area (TPSA) is 19.6 Å². The monoisotopic (exact) mass is 278 g/mol. The summed E-state index contributed by atoms with van der Waals surface area (Å²) in [6.45, 7) is 3.05. The summed E-state index contributed by atoms with van der Waals surface area (Å²) in [4.78, 5) is 4.78. The Hall–Kier alpha value is -2.26. The summed E-state index contributed by atoms with van der Waals surface area (Å²) in [6.07, 6.45) is 1.75. The predicted molar refractivity (Wildman–Crippen MR) is 86.0 cm³/mol. The van der Waals surface area contributed by atoms with E-state index >= 15 is 0 Å². The van der Waals surface area contributed by atoms with Crippen LogP contribution in [0.5, 0.6) is 0 Å². The molecule has 0 unspecified atom stereocenters. The third kappa shape index (κ3) is 2.20. The van der Waals surface area contributed by atoms with E-state index in [1.54, 1.807) is 6.26 Å². The third-order valence-corrected chi connectivity index (χ3v) is 4.18. The number of fused-ring (bicyclic) bond motifs is 2. The molecule has 0 amide bonds. The Morgan fingerprint density at radius 1 is 1.00 bits per heavy atom. The molecule has 2 heterocycles. The van der Waals surface area contributed by atoms with E-state index in [1.807, 2.05) is 6.07 Å². The second kappa shape index (κ2) is 4.93. The smallest absolute Gasteiger partial charge is 0.133 e. The lowest BCUT2D eigenvalue weighted by Crippen LogP contribution is -2.26. The van der Waals surface area contributed by atoms with E-state index in [1.165, 1.54) is 16.9 Å². The van der Waals surface area contributed by atoms with E-state index in [2.05, 4.69) is 59.3 Å². The van der Waals surface area contributed by atoms with Crippen molar-refractivity contribution in [3.63, 3.8) is 0 Å². The number of nitrogens with zero attached hydrogens (tertiary/aromatic N) is 2. The van der Waals surface area contributed by atoms with Crippen LogP contribution in [0, 0.1) is 0 Å². The van der Waals surface area contributed by atoms with E-state index in [4.69, 9.17) is 4.42 Å². The minimum atomic E-state index is 0.943. The molecule has 0 saturated heterocycles. The Morgan fingerprint density at radius 3 is 2.86 bits per heavy atom. The summed E-state index contributed by atoms with van der Waals surface area (Å²) in [7, 11) is 2.18. The van der Waals surface area contributed by atoms with Gasteiger partial charge in [0, 0.05) is 36.4 Å². The van der Waals surface area contributed by atoms with Crippen LogP contribution in [0.2, 0.25) is 0 Å². The first-order valence-corrected chi connectivity index (χ1v) is 7.32. The molecule has 3 nitrogen and oxygen atoms in total. The number of furan rings is 1. The highest BCUT2D eigenvalue weighted by molar-refractivity contribution is 5.83. The minimum absolute atomic E-state index is 0.943. The highest BCUT2D eigenvalue weighted by Gasteiger charge is 2.19. The standard InChI is InChI=1S/C18H18N2O/c1-19-9-10-20(17-5-3-2-4-15(17)13-19)16-6-7-18-14(12-16)8-11-21-18/h2-8,11-12H,9-10,13H2,1H3. The van der Waals surface area contributed by atoms with Gasteiger partial charge >= 0.3 is 0 Å². The van der Waals surface area contributed by atoms with Gasteiger partial charge in [-0.25, -0.2) is 0 Å². The van der Waals surface area contributed by atoms with Crippen molar-refractivity contribution in [3.05, 3.63) is 60.4 Å². The normalized spacial score (nSPS) is 16.0. The Morgan fingerprint density at radius 2 is 1.90 bits per heavy atom. The van der Waals surface area contributed by atoms with Crippen molar-refractivity contribution in [2.45, 2.75) is 6.54 Å². The van der Waals surface area contributed by atoms with Gasteiger partial charge in [0.2, 0.25) is 0 Å². The Labute approximate surface area is 124 Å². The number of para-hydroxylation sites is 1. The van der Waals surface area contributed by atoms with Crippen LogP contribution in [0.3, 0.4) is 0 Å². The zero-order valence-electron chi connectivity index (χ0n) is 12.1. The molecule has 2 aromatic carbocycles. The molecule has 1 aliphatic heterocycles. The fourth-order valence-corrected chi connectivity index (χ4v) is 3.06. The van der Waals surface area contributed by atoms with Gasteiger partial charge in [-0.15, -0.1) is 0 Å². The molecule has 0 atom stereocenters. The van der Waals surface area contributed by atoms with Crippen molar-refractivity contribution < 1.29 is 4.42 Å². The van der Waals surface area contributed by atoms with Gasteiger partial charge in [0.1, 0.15) is 5.58 Å². The van der Waals surface area contributed by atoms with Gasteiger partial charge in [0.05, 0.1) is 6.26 Å². The Bertz CT molecular complexity index is 777. The van der Waals surface area contributed by atoms with Crippen LogP contribution < -0.4 is 4.90 Å². The molecule has 0 spiro atoms. The summed E-state index contributed by atoms with van der Waals surface area (Å²) in [5.74, 6) is 0. The number of benzene rings is 2. The number of hydrogen-bond donors (Lipinski definition) is 0. The van der Waals surface area contributed by atoms with Crippen molar-refractivity contribution >= 4 is 22.3 Å². The van der Waals surface area contributed by atoms with Gasteiger partial charge in [-0.2, -0.15) is 0 Å². The molecule has 0 saturated carbocycles. The molecule has 0 radical (unpaired) electrons. The number of anilines is 2. The van der Waals surface area contributed by atoms with Gasteiger partial charge in [-0.1, -0.05) is 18.2 Å². The summed E-state index contributed by atoms with van der Waals surface area (Å²) >= 11 is 0. The molecule has 4 rings (SSSR count). The van der Waals surface area contributed by atoms with Crippen LogP contribution in [-0.4, -0.2) is 25.0 Å². The predicted octanol–water partition coefficient (Wildman–Crippen LogP) is 4.02. The first-order chi connectivity index (χ1) is 10.3. The molecule has 0 N–H and O–H groups in total. The van der Waals surface area contributed by atoms with E-state index in [-0.39, 0.29) is 0 Å². The molecule has 0 fully saturated rings. The quantitative estimate of drug-likeness (QED) is 0.670. The molecule has 3 heteroatoms. The highest BCUT2D eigenvalue weighted by Crippen LogP contribution is 2.33. The lowest BCUT2D eigenvalue weighted by Gasteiger charge is -2.25. The second-order valence-corrected chi connectivity index (χ2v) is 5.66. The average Bonchev–Trinajstić information content (AvgIpc) is 2.89. The van der Waals surface area contributed by atoms with Crippen molar-refractivity contribution in [2.24, 2.45) is 0 Å². The molecule has 1 aliphatic rings. The number of likely N-dealkylation sites (N-methyl/N-ethyl adjacent to an activating group) is 1. The molecular weight excluding hydrogens is 260 g/mol. The molecule has 1 aromatic heterocycles. The van der Waals surface area contributed by atoms with E-state index in [0.717, 1.165) is 30.6 Å². The Kier molecular flexibility index (Phi) is 2.93. The molecule has 106 valence electrons.